The molecule has 0 spiro atoms. The van der Waals surface area contributed by atoms with Gasteiger partial charge >= 0.3 is 184 Å². The third-order valence-electron chi connectivity index (χ3n) is 5.69. The summed E-state index contributed by atoms with van der Waals surface area (Å²) in [6, 6.07) is 10.7. The molecule has 152 valence electrons. The van der Waals surface area contributed by atoms with Gasteiger partial charge in [0.2, 0.25) is 0 Å². The van der Waals surface area contributed by atoms with Crippen LogP contribution in [0, 0.1) is 0 Å². The Bertz CT molecular complexity index is 819. The number of hydrogen-bond acceptors (Lipinski definition) is 3. The van der Waals surface area contributed by atoms with Gasteiger partial charge in [0.25, 0.3) is 0 Å². The molecule has 0 radical (unpaired) electrons. The molecule has 0 N–H and O–H groups in total. The number of rotatable bonds is 12. The van der Waals surface area contributed by atoms with Gasteiger partial charge in [0.1, 0.15) is 0 Å². The molecule has 0 saturated heterocycles. The zero-order valence-corrected chi connectivity index (χ0v) is 22.1. The second-order valence-electron chi connectivity index (χ2n) is 7.86. The van der Waals surface area contributed by atoms with Crippen LogP contribution < -0.4 is 2.89 Å². The minimum absolute atomic E-state index is 1.17. The first-order chi connectivity index (χ1) is 13.7. The molecule has 2 nitrogen and oxygen atoms in total. The molecule has 2 heterocycles. The van der Waals surface area contributed by atoms with Gasteiger partial charge in [-0.25, -0.2) is 0 Å². The van der Waals surface area contributed by atoms with E-state index < -0.39 is 18.4 Å². The van der Waals surface area contributed by atoms with Crippen molar-refractivity contribution in [2.75, 3.05) is 0 Å². The molecule has 0 aliphatic carbocycles. The zero-order chi connectivity index (χ0) is 19.8. The fourth-order valence-corrected chi connectivity index (χ4v) is 25.0. The van der Waals surface area contributed by atoms with E-state index in [9.17, 15) is 0 Å². The van der Waals surface area contributed by atoms with Gasteiger partial charge in [-0.2, -0.15) is 0 Å². The van der Waals surface area contributed by atoms with Gasteiger partial charge in [-0.3, -0.25) is 0 Å². The molecule has 0 aliphatic heterocycles. The van der Waals surface area contributed by atoms with E-state index >= 15 is 0 Å². The van der Waals surface area contributed by atoms with Crippen molar-refractivity contribution in [3.63, 3.8) is 0 Å². The minimum atomic E-state index is -2.35. The van der Waals surface area contributed by atoms with Gasteiger partial charge in [-0.15, -0.1) is 0 Å². The topological polar surface area (TPSA) is 17.3 Å². The molecule has 3 aromatic rings. The standard InChI is InChI=1S/C11H7N2S2.3C4H9.Sn/c1-2-4-9(5-3-1)15-10-11-13(8-12-10)6-7-14-11;3*1-3-4-2;/h1-6,8H;3*1,3-4H2,2H3;. The number of thiazole rings is 1. The predicted octanol–water partition coefficient (Wildman–Crippen LogP) is 7.60. The fraction of sp³-hybridized carbons (Fsp3) is 0.522. The number of imidazole rings is 1. The summed E-state index contributed by atoms with van der Waals surface area (Å²) in [5.41, 5.74) is 0. The quantitative estimate of drug-likeness (QED) is 0.228. The molecule has 3 rings (SSSR count). The third kappa shape index (κ3) is 5.36. The van der Waals surface area contributed by atoms with E-state index in [-0.39, 0.29) is 0 Å². The van der Waals surface area contributed by atoms with Gasteiger partial charge in [0.05, 0.1) is 0 Å². The zero-order valence-electron chi connectivity index (χ0n) is 17.6. The Morgan fingerprint density at radius 2 is 1.54 bits per heavy atom. The number of aromatic nitrogens is 2. The van der Waals surface area contributed by atoms with E-state index in [2.05, 4.69) is 73.0 Å². The van der Waals surface area contributed by atoms with Crippen molar-refractivity contribution < 1.29 is 0 Å². The Labute approximate surface area is 183 Å². The van der Waals surface area contributed by atoms with Crippen LogP contribution >= 0.6 is 23.1 Å². The van der Waals surface area contributed by atoms with Crippen LogP contribution in [0.4, 0.5) is 0 Å². The second kappa shape index (κ2) is 11.1. The van der Waals surface area contributed by atoms with Crippen LogP contribution in [0.15, 0.2) is 52.8 Å². The van der Waals surface area contributed by atoms with Crippen molar-refractivity contribution in [2.24, 2.45) is 0 Å². The average molecular weight is 521 g/mol. The molecule has 0 bridgehead atoms. The Balaban J connectivity index is 1.94. The molecular formula is C23H34N2S2Sn. The summed E-state index contributed by atoms with van der Waals surface area (Å²) in [4.78, 5) is 7.35. The Morgan fingerprint density at radius 3 is 2.11 bits per heavy atom. The first kappa shape index (κ1) is 22.2. The Hall–Kier alpha value is -0.461. The van der Waals surface area contributed by atoms with Gasteiger partial charge in [-0.1, -0.05) is 0 Å². The van der Waals surface area contributed by atoms with Crippen molar-refractivity contribution in [3.05, 3.63) is 42.9 Å². The number of nitrogens with zero attached hydrogens (tertiary/aromatic N) is 2. The second-order valence-corrected chi connectivity index (χ2v) is 24.1. The fourth-order valence-electron chi connectivity index (χ4n) is 3.98. The molecule has 28 heavy (non-hydrogen) atoms. The first-order valence-corrected chi connectivity index (χ1v) is 20.0. The number of fused-ring (bicyclic) bond motifs is 1. The van der Waals surface area contributed by atoms with Crippen LogP contribution in [0.1, 0.15) is 59.3 Å². The van der Waals surface area contributed by atoms with E-state index in [1.165, 1.54) is 66.6 Å². The van der Waals surface area contributed by atoms with Crippen molar-refractivity contribution in [3.8, 4) is 0 Å². The van der Waals surface area contributed by atoms with Crippen molar-refractivity contribution in [1.29, 1.82) is 0 Å². The summed E-state index contributed by atoms with van der Waals surface area (Å²) in [6.07, 6.45) is 12.8. The van der Waals surface area contributed by atoms with Crippen LogP contribution in [0.2, 0.25) is 13.3 Å². The van der Waals surface area contributed by atoms with Crippen molar-refractivity contribution >= 4 is 49.2 Å². The maximum atomic E-state index is 4.72. The summed E-state index contributed by atoms with van der Waals surface area (Å²) < 4.78 is 8.70. The van der Waals surface area contributed by atoms with Crippen molar-refractivity contribution in [1.82, 2.24) is 9.38 Å². The van der Waals surface area contributed by atoms with Crippen LogP contribution in [-0.2, 0) is 0 Å². The summed E-state index contributed by atoms with van der Waals surface area (Å²) in [7, 11) is 0. The van der Waals surface area contributed by atoms with E-state index in [1.54, 1.807) is 14.7 Å². The van der Waals surface area contributed by atoms with Crippen LogP contribution in [0.3, 0.4) is 0 Å². The summed E-state index contributed by atoms with van der Waals surface area (Å²) >= 11 is 1.54. The molecule has 0 fully saturated rings. The molecule has 0 saturated carbocycles. The number of benzene rings is 1. The molecule has 5 heteroatoms. The van der Waals surface area contributed by atoms with Gasteiger partial charge < -0.3 is 0 Å². The Morgan fingerprint density at radius 1 is 0.929 bits per heavy atom. The third-order valence-corrected chi connectivity index (χ3v) is 26.1. The summed E-state index contributed by atoms with van der Waals surface area (Å²) in [6.45, 7) is 7.07. The number of hydrogen-bond donors (Lipinski definition) is 0. The van der Waals surface area contributed by atoms with Gasteiger partial charge in [-0.05, 0) is 0 Å². The average Bonchev–Trinajstić information content (AvgIpc) is 3.31. The van der Waals surface area contributed by atoms with E-state index in [1.807, 2.05) is 6.33 Å². The van der Waals surface area contributed by atoms with E-state index in [4.69, 9.17) is 4.98 Å². The normalized spacial score (nSPS) is 12.1. The summed E-state index contributed by atoms with van der Waals surface area (Å²) in [5.74, 6) is 0. The molecule has 0 atom stereocenters. The molecule has 1 aromatic carbocycles. The number of unbranched alkanes of at least 4 members (excludes halogenated alkanes) is 3. The van der Waals surface area contributed by atoms with Crippen LogP contribution in [-0.4, -0.2) is 27.8 Å². The molecule has 0 amide bonds. The molecular weight excluding hydrogens is 487 g/mol. The van der Waals surface area contributed by atoms with Crippen LogP contribution in [0.5, 0.6) is 0 Å². The van der Waals surface area contributed by atoms with Gasteiger partial charge in [0, 0.05) is 0 Å². The SMILES string of the molecule is CCC[CH2][Sn]([CH2]CCC)([CH2]CCC)[c]1cn2cnc(Sc3ccccc3)c2s1. The van der Waals surface area contributed by atoms with Crippen molar-refractivity contribution in [2.45, 2.75) is 82.5 Å². The van der Waals surface area contributed by atoms with E-state index in [0.717, 1.165) is 0 Å². The predicted molar refractivity (Wildman–Crippen MR) is 128 cm³/mol. The van der Waals surface area contributed by atoms with Gasteiger partial charge in [0.15, 0.2) is 0 Å². The Kier molecular flexibility index (Phi) is 8.79. The summed E-state index contributed by atoms with van der Waals surface area (Å²) in [5, 5.41) is 1.17. The maximum absolute atomic E-state index is 4.72. The van der Waals surface area contributed by atoms with Crippen LogP contribution in [0.25, 0.3) is 4.83 Å². The first-order valence-electron chi connectivity index (χ1n) is 10.9. The monoisotopic (exact) mass is 522 g/mol. The molecule has 0 unspecified atom stereocenters. The molecule has 2 aromatic heterocycles. The molecule has 0 aliphatic rings. The van der Waals surface area contributed by atoms with E-state index in [0.29, 0.717) is 0 Å².